The second-order valence-corrected chi connectivity index (χ2v) is 11.2. The van der Waals surface area contributed by atoms with Gasteiger partial charge in [0.15, 0.2) is 0 Å². The Morgan fingerprint density at radius 1 is 1.39 bits per heavy atom. The number of nitrogens with one attached hydrogen (secondary N) is 1. The summed E-state index contributed by atoms with van der Waals surface area (Å²) < 4.78 is 1.56. The zero-order valence-corrected chi connectivity index (χ0v) is 19.5. The fourth-order valence-electron chi connectivity index (χ4n) is 5.99. The highest BCUT2D eigenvalue weighted by atomic mass is 32.2. The Labute approximate surface area is 195 Å². The molecular formula is C20H30N8O4S. The van der Waals surface area contributed by atoms with Crippen LogP contribution in [0.25, 0.3) is 0 Å². The zero-order chi connectivity index (χ0) is 23.4. The third-order valence-electron chi connectivity index (χ3n) is 7.73. The summed E-state index contributed by atoms with van der Waals surface area (Å²) in [7, 11) is 0. The molecule has 2 amide bonds. The first kappa shape index (κ1) is 22.5. The van der Waals surface area contributed by atoms with Crippen molar-refractivity contribution in [2.45, 2.75) is 67.4 Å². The standard InChI is InChI=1S/C20H30N8O4S/c1-9-15-14(10(2)27-8-23-24-25-27)19(30)28(15)16(20(31)32)17(9)33-12-5-13(22-6-12)18(29)26-4-3-11(21)7-26/h8-17,22H,3-7,21H2,1-2H3,(H,31,32)/t9-,10-,11-,12+,13+,14-,15-,16?,17?/m1/s1. The van der Waals surface area contributed by atoms with Crippen LogP contribution >= 0.6 is 11.8 Å². The summed E-state index contributed by atoms with van der Waals surface area (Å²) in [5, 5.41) is 24.4. The number of hydrogen-bond acceptors (Lipinski definition) is 9. The van der Waals surface area contributed by atoms with Crippen molar-refractivity contribution >= 4 is 29.5 Å². The molecule has 0 bridgehead atoms. The number of tetrazole rings is 1. The maximum Gasteiger partial charge on any atom is 0.327 e. The Hall–Kier alpha value is -2.25. The van der Waals surface area contributed by atoms with E-state index in [0.717, 1.165) is 6.42 Å². The van der Waals surface area contributed by atoms with Crippen molar-refractivity contribution in [1.82, 2.24) is 35.3 Å². The SMILES string of the molecule is C[C@H]([C@H]1C(=O)N2C(C(=O)O)C(S[C@@H]3CN[C@H](C(=O)N4CC[C@@H](N)C4)C3)[C@H](C)[C@H]12)n1cnnn1. The molecule has 33 heavy (non-hydrogen) atoms. The molecule has 4 aliphatic heterocycles. The molecule has 0 saturated carbocycles. The van der Waals surface area contributed by atoms with Gasteiger partial charge in [-0.05, 0) is 36.1 Å². The van der Waals surface area contributed by atoms with Gasteiger partial charge in [-0.3, -0.25) is 9.59 Å². The first-order valence-electron chi connectivity index (χ1n) is 11.5. The Bertz CT molecular complexity index is 931. The predicted molar refractivity (Wildman–Crippen MR) is 118 cm³/mol. The highest BCUT2D eigenvalue weighted by molar-refractivity contribution is 8.00. The van der Waals surface area contributed by atoms with Crippen LogP contribution in [0.15, 0.2) is 6.33 Å². The van der Waals surface area contributed by atoms with Crippen LogP contribution in [0.1, 0.15) is 32.7 Å². The average Bonchev–Trinajstić information content (AvgIpc) is 3.56. The fourth-order valence-corrected chi connectivity index (χ4v) is 7.74. The van der Waals surface area contributed by atoms with Crippen molar-refractivity contribution in [3.8, 4) is 0 Å². The van der Waals surface area contributed by atoms with Crippen LogP contribution in [0.4, 0.5) is 0 Å². The minimum Gasteiger partial charge on any atom is -0.480 e. The Morgan fingerprint density at radius 3 is 2.82 bits per heavy atom. The maximum atomic E-state index is 13.0. The maximum absolute atomic E-state index is 13.0. The van der Waals surface area contributed by atoms with Crippen LogP contribution < -0.4 is 11.1 Å². The molecule has 0 radical (unpaired) electrons. The molecule has 4 saturated heterocycles. The molecule has 12 nitrogen and oxygen atoms in total. The molecule has 0 aliphatic carbocycles. The van der Waals surface area contributed by atoms with Crippen molar-refractivity contribution in [3.63, 3.8) is 0 Å². The number of carbonyl (C=O) groups is 3. The van der Waals surface area contributed by atoms with E-state index in [1.54, 1.807) is 21.3 Å². The minimum atomic E-state index is -0.978. The zero-order valence-electron chi connectivity index (χ0n) is 18.6. The second-order valence-electron chi connectivity index (χ2n) is 9.69. The molecule has 1 aromatic rings. The van der Waals surface area contributed by atoms with Crippen LogP contribution in [-0.2, 0) is 14.4 Å². The molecule has 4 fully saturated rings. The van der Waals surface area contributed by atoms with E-state index in [-0.39, 0.29) is 58.3 Å². The number of fused-ring (bicyclic) bond motifs is 1. The van der Waals surface area contributed by atoms with Crippen LogP contribution in [-0.4, -0.2) is 107 Å². The third-order valence-corrected chi connectivity index (χ3v) is 9.47. The van der Waals surface area contributed by atoms with Crippen molar-refractivity contribution < 1.29 is 19.5 Å². The highest BCUT2D eigenvalue weighted by Gasteiger charge is 2.65. The van der Waals surface area contributed by atoms with E-state index in [4.69, 9.17) is 5.73 Å². The molecule has 5 heterocycles. The molecule has 5 rings (SSSR count). The average molecular weight is 479 g/mol. The van der Waals surface area contributed by atoms with Crippen LogP contribution in [0, 0.1) is 11.8 Å². The number of nitrogens with zero attached hydrogens (tertiary/aromatic N) is 6. The fraction of sp³-hybridized carbons (Fsp3) is 0.800. The summed E-state index contributed by atoms with van der Waals surface area (Å²) in [6.45, 7) is 5.84. The number of carbonyl (C=O) groups excluding carboxylic acids is 2. The van der Waals surface area contributed by atoms with Gasteiger partial charge in [-0.25, -0.2) is 9.48 Å². The lowest BCUT2D eigenvalue weighted by Gasteiger charge is -2.47. The van der Waals surface area contributed by atoms with Crippen LogP contribution in [0.5, 0.6) is 0 Å². The number of aromatic nitrogens is 4. The number of nitrogens with two attached hydrogens (primary N) is 1. The lowest BCUT2D eigenvalue weighted by Crippen LogP contribution is -2.64. The molecule has 1 aromatic heterocycles. The van der Waals surface area contributed by atoms with E-state index in [9.17, 15) is 19.5 Å². The highest BCUT2D eigenvalue weighted by Crippen LogP contribution is 2.51. The van der Waals surface area contributed by atoms with Crippen LogP contribution in [0.3, 0.4) is 0 Å². The molecule has 2 unspecified atom stereocenters. The quantitative estimate of drug-likeness (QED) is 0.413. The van der Waals surface area contributed by atoms with E-state index in [1.165, 1.54) is 6.33 Å². The molecule has 0 spiro atoms. The molecule has 13 heteroatoms. The first-order valence-corrected chi connectivity index (χ1v) is 12.4. The smallest absolute Gasteiger partial charge is 0.327 e. The molecule has 9 atom stereocenters. The number of thioether (sulfide) groups is 1. The van der Waals surface area contributed by atoms with Gasteiger partial charge in [-0.1, -0.05) is 6.92 Å². The van der Waals surface area contributed by atoms with Gasteiger partial charge in [0.1, 0.15) is 12.4 Å². The normalized spacial score (nSPS) is 38.9. The number of carboxylic acid groups (broad SMARTS) is 1. The topological polar surface area (TPSA) is 160 Å². The lowest BCUT2D eigenvalue weighted by atomic mass is 9.78. The predicted octanol–water partition coefficient (Wildman–Crippen LogP) is -1.44. The van der Waals surface area contributed by atoms with Crippen molar-refractivity contribution in [2.24, 2.45) is 17.6 Å². The van der Waals surface area contributed by atoms with Crippen molar-refractivity contribution in [1.29, 1.82) is 0 Å². The van der Waals surface area contributed by atoms with E-state index < -0.39 is 12.0 Å². The van der Waals surface area contributed by atoms with Gasteiger partial charge >= 0.3 is 5.97 Å². The number of hydrogen-bond donors (Lipinski definition) is 3. The molecular weight excluding hydrogens is 448 g/mol. The van der Waals surface area contributed by atoms with Gasteiger partial charge in [0.2, 0.25) is 11.8 Å². The molecule has 4 N–H and O–H groups in total. The third kappa shape index (κ3) is 3.69. The number of likely N-dealkylation sites (tertiary alicyclic amines) is 1. The number of β-lactam (4-membered cyclic amide) rings is 1. The number of amides is 2. The Kier molecular flexibility index (Phi) is 5.81. The molecule has 4 aliphatic rings. The summed E-state index contributed by atoms with van der Waals surface area (Å²) in [6.07, 6.45) is 2.95. The van der Waals surface area contributed by atoms with E-state index >= 15 is 0 Å². The Morgan fingerprint density at radius 2 is 2.18 bits per heavy atom. The van der Waals surface area contributed by atoms with Crippen LogP contribution in [0.2, 0.25) is 0 Å². The summed E-state index contributed by atoms with van der Waals surface area (Å²) in [4.78, 5) is 41.5. The monoisotopic (exact) mass is 478 g/mol. The van der Waals surface area contributed by atoms with E-state index in [1.807, 2.05) is 18.7 Å². The molecule has 0 aromatic carbocycles. The van der Waals surface area contributed by atoms with Gasteiger partial charge < -0.3 is 26.0 Å². The van der Waals surface area contributed by atoms with E-state index in [2.05, 4.69) is 20.8 Å². The second kappa shape index (κ2) is 8.51. The van der Waals surface area contributed by atoms with Gasteiger partial charge in [-0.2, -0.15) is 11.8 Å². The summed E-state index contributed by atoms with van der Waals surface area (Å²) in [5.74, 6) is -1.42. The first-order chi connectivity index (χ1) is 15.8. The van der Waals surface area contributed by atoms with Crippen molar-refractivity contribution in [3.05, 3.63) is 6.33 Å². The summed E-state index contributed by atoms with van der Waals surface area (Å²) >= 11 is 1.60. The number of rotatable bonds is 6. The van der Waals surface area contributed by atoms with Gasteiger partial charge in [0.25, 0.3) is 0 Å². The van der Waals surface area contributed by atoms with Gasteiger partial charge in [-0.15, -0.1) is 5.10 Å². The number of carboxylic acids is 1. The lowest BCUT2D eigenvalue weighted by molar-refractivity contribution is -0.167. The van der Waals surface area contributed by atoms with Gasteiger partial charge in [0.05, 0.1) is 24.0 Å². The number of aliphatic carboxylic acids is 1. The van der Waals surface area contributed by atoms with Crippen molar-refractivity contribution in [2.75, 3.05) is 19.6 Å². The summed E-state index contributed by atoms with van der Waals surface area (Å²) in [6, 6.07) is -1.52. The minimum absolute atomic E-state index is 0.0101. The molecule has 180 valence electrons. The largest absolute Gasteiger partial charge is 0.480 e. The van der Waals surface area contributed by atoms with Gasteiger partial charge in [0, 0.05) is 36.2 Å². The van der Waals surface area contributed by atoms with E-state index in [0.29, 0.717) is 26.1 Å². The Balaban J connectivity index is 1.27. The summed E-state index contributed by atoms with van der Waals surface area (Å²) in [5.41, 5.74) is 5.94.